The Morgan fingerprint density at radius 3 is 2.80 bits per heavy atom. The molecule has 1 aliphatic carbocycles. The molecule has 1 aliphatic heterocycles. The van der Waals surface area contributed by atoms with Crippen LogP contribution in [0.15, 0.2) is 77.6 Å². The van der Waals surface area contributed by atoms with Crippen molar-refractivity contribution in [2.45, 2.75) is 12.8 Å². The summed E-state index contributed by atoms with van der Waals surface area (Å²) in [7, 11) is 0. The Morgan fingerprint density at radius 2 is 1.97 bits per heavy atom. The lowest BCUT2D eigenvalue weighted by Gasteiger charge is -2.27. The number of carbonyl (C=O) groups is 2. The molecule has 0 radical (unpaired) electrons. The van der Waals surface area contributed by atoms with Crippen molar-refractivity contribution in [1.29, 1.82) is 0 Å². The topological polar surface area (TPSA) is 103 Å². The summed E-state index contributed by atoms with van der Waals surface area (Å²) in [5.74, 6) is 0.000385. The number of imidazole rings is 1. The van der Waals surface area contributed by atoms with Crippen molar-refractivity contribution in [3.63, 3.8) is 0 Å². The van der Waals surface area contributed by atoms with Gasteiger partial charge in [0.1, 0.15) is 0 Å². The minimum Gasteiger partial charge on any atom is -0.336 e. The number of benzene rings is 1. The van der Waals surface area contributed by atoms with Gasteiger partial charge in [0.25, 0.3) is 5.91 Å². The molecule has 0 unspecified atom stereocenters. The lowest BCUT2D eigenvalue weighted by atomic mass is 10.1. The minimum absolute atomic E-state index is 0.0112. The molecule has 5 rings (SSSR count). The molecule has 1 fully saturated rings. The number of hydrogen-bond donors (Lipinski definition) is 2. The summed E-state index contributed by atoms with van der Waals surface area (Å²) in [6, 6.07) is 8.75. The fraction of sp³-hybridized carbons (Fsp3) is 0.222. The first kappa shape index (κ1) is 22.6. The lowest BCUT2D eigenvalue weighted by Crippen LogP contribution is -2.46. The highest BCUT2D eigenvalue weighted by Crippen LogP contribution is 2.18. The SMILES string of the molecule is O=C(c1ccnc(C/C=N\C=C2\C=CC=CC2)c1)c1nc2ccc(C(=O)N3CCNCC3)cc2[nH]1. The number of nitrogens with zero attached hydrogens (tertiary/aromatic N) is 4. The number of allylic oxidation sites excluding steroid dienone is 5. The number of aliphatic imine (C=N–C) groups is 1. The zero-order chi connectivity index (χ0) is 24.0. The van der Waals surface area contributed by atoms with Gasteiger partial charge in [-0.3, -0.25) is 19.6 Å². The van der Waals surface area contributed by atoms with Crippen molar-refractivity contribution in [3.8, 4) is 0 Å². The van der Waals surface area contributed by atoms with Crippen LogP contribution in [0.4, 0.5) is 0 Å². The largest absolute Gasteiger partial charge is 0.336 e. The van der Waals surface area contributed by atoms with Crippen LogP contribution in [-0.2, 0) is 6.42 Å². The van der Waals surface area contributed by atoms with E-state index in [0.717, 1.165) is 30.8 Å². The van der Waals surface area contributed by atoms with Gasteiger partial charge >= 0.3 is 0 Å². The van der Waals surface area contributed by atoms with Gasteiger partial charge in [0.15, 0.2) is 5.82 Å². The van der Waals surface area contributed by atoms with Crippen LogP contribution in [0.1, 0.15) is 38.7 Å². The Bertz CT molecular complexity index is 1380. The smallest absolute Gasteiger partial charge is 0.254 e. The van der Waals surface area contributed by atoms with Crippen LogP contribution in [0, 0.1) is 0 Å². The van der Waals surface area contributed by atoms with Gasteiger partial charge < -0.3 is 15.2 Å². The first-order chi connectivity index (χ1) is 17.2. The van der Waals surface area contributed by atoms with Gasteiger partial charge in [-0.15, -0.1) is 0 Å². The van der Waals surface area contributed by atoms with Crippen LogP contribution < -0.4 is 5.32 Å². The number of fused-ring (bicyclic) bond motifs is 1. The number of amides is 1. The molecule has 8 heteroatoms. The van der Waals surface area contributed by atoms with Gasteiger partial charge in [-0.25, -0.2) is 4.98 Å². The zero-order valence-corrected chi connectivity index (χ0v) is 19.3. The number of carbonyl (C=O) groups excluding carboxylic acids is 2. The van der Waals surface area contributed by atoms with E-state index in [1.54, 1.807) is 42.7 Å². The third-order valence-corrected chi connectivity index (χ3v) is 5.98. The molecule has 2 aliphatic rings. The van der Waals surface area contributed by atoms with Gasteiger partial charge in [-0.1, -0.05) is 24.3 Å². The highest BCUT2D eigenvalue weighted by atomic mass is 16.2. The van der Waals surface area contributed by atoms with Crippen molar-refractivity contribution in [2.75, 3.05) is 26.2 Å². The molecule has 2 aromatic heterocycles. The van der Waals surface area contributed by atoms with E-state index in [1.807, 2.05) is 29.3 Å². The third kappa shape index (κ3) is 5.33. The molecule has 0 saturated carbocycles. The second kappa shape index (κ2) is 10.4. The van der Waals surface area contributed by atoms with Crippen LogP contribution in [0.2, 0.25) is 0 Å². The van der Waals surface area contributed by atoms with Crippen LogP contribution in [0.25, 0.3) is 11.0 Å². The highest BCUT2D eigenvalue weighted by Gasteiger charge is 2.20. The normalized spacial score (nSPS) is 17.0. The number of ketones is 1. The predicted molar refractivity (Wildman–Crippen MR) is 136 cm³/mol. The molecule has 1 aromatic carbocycles. The zero-order valence-electron chi connectivity index (χ0n) is 19.3. The van der Waals surface area contributed by atoms with E-state index in [0.29, 0.717) is 41.7 Å². The second-order valence-electron chi connectivity index (χ2n) is 8.46. The number of nitrogens with one attached hydrogen (secondary N) is 2. The predicted octanol–water partition coefficient (Wildman–Crippen LogP) is 3.25. The maximum atomic E-state index is 13.1. The Hall–Kier alpha value is -4.17. The van der Waals surface area contributed by atoms with Crippen molar-refractivity contribution in [1.82, 2.24) is 25.2 Å². The number of aromatic amines is 1. The van der Waals surface area contributed by atoms with Crippen molar-refractivity contribution >= 4 is 28.9 Å². The van der Waals surface area contributed by atoms with Crippen molar-refractivity contribution < 1.29 is 9.59 Å². The number of aromatic nitrogens is 3. The Labute approximate surface area is 203 Å². The Balaban J connectivity index is 1.29. The van der Waals surface area contributed by atoms with E-state index in [-0.39, 0.29) is 17.5 Å². The number of rotatable bonds is 6. The number of H-pyrrole nitrogens is 1. The molecule has 1 saturated heterocycles. The first-order valence-corrected chi connectivity index (χ1v) is 11.7. The molecule has 176 valence electrons. The molecule has 2 N–H and O–H groups in total. The molecule has 3 heterocycles. The van der Waals surface area contributed by atoms with E-state index in [2.05, 4.69) is 31.3 Å². The Morgan fingerprint density at radius 1 is 1.09 bits per heavy atom. The Kier molecular flexibility index (Phi) is 6.72. The van der Waals surface area contributed by atoms with Crippen molar-refractivity contribution in [3.05, 3.63) is 95.3 Å². The molecule has 0 bridgehead atoms. The summed E-state index contributed by atoms with van der Waals surface area (Å²) < 4.78 is 0. The molecule has 8 nitrogen and oxygen atoms in total. The summed E-state index contributed by atoms with van der Waals surface area (Å²) in [6.07, 6.45) is 14.8. The maximum Gasteiger partial charge on any atom is 0.254 e. The molecule has 0 spiro atoms. The molecule has 3 aromatic rings. The van der Waals surface area contributed by atoms with E-state index >= 15 is 0 Å². The fourth-order valence-electron chi connectivity index (χ4n) is 4.09. The van der Waals surface area contributed by atoms with Gasteiger partial charge in [0.2, 0.25) is 5.78 Å². The standard InChI is InChI=1S/C27H26N6O2/c34-25(20-8-11-30-22(16-20)9-10-29-18-19-4-2-1-3-5-19)26-31-23-7-6-21(17-24(23)32-26)27(35)33-14-12-28-13-15-33/h1-4,6-8,10-11,16-18,28H,5,9,12-15H2,(H,31,32)/b19-18-,29-10-. The molecule has 35 heavy (non-hydrogen) atoms. The number of pyridine rings is 1. The third-order valence-electron chi connectivity index (χ3n) is 5.98. The summed E-state index contributed by atoms with van der Waals surface area (Å²) >= 11 is 0. The van der Waals surface area contributed by atoms with Gasteiger partial charge in [0, 0.05) is 68.0 Å². The fourth-order valence-corrected chi connectivity index (χ4v) is 4.09. The average molecular weight is 467 g/mol. The van der Waals surface area contributed by atoms with Crippen molar-refractivity contribution in [2.24, 2.45) is 4.99 Å². The quantitative estimate of drug-likeness (QED) is 0.429. The lowest BCUT2D eigenvalue weighted by molar-refractivity contribution is 0.0736. The van der Waals surface area contributed by atoms with Crippen LogP contribution in [0.3, 0.4) is 0 Å². The summed E-state index contributed by atoms with van der Waals surface area (Å²) in [4.78, 5) is 44.0. The second-order valence-corrected chi connectivity index (χ2v) is 8.46. The van der Waals surface area contributed by atoms with Crippen LogP contribution in [0.5, 0.6) is 0 Å². The molecular weight excluding hydrogens is 440 g/mol. The van der Waals surface area contributed by atoms with Gasteiger partial charge in [0.05, 0.1) is 11.0 Å². The van der Waals surface area contributed by atoms with E-state index in [9.17, 15) is 9.59 Å². The van der Waals surface area contributed by atoms with Crippen LogP contribution in [-0.4, -0.2) is 63.9 Å². The number of piperazine rings is 1. The summed E-state index contributed by atoms with van der Waals surface area (Å²) in [5.41, 5.74) is 4.28. The van der Waals surface area contributed by atoms with Gasteiger partial charge in [-0.05, 0) is 42.3 Å². The van der Waals surface area contributed by atoms with Gasteiger partial charge in [-0.2, -0.15) is 0 Å². The first-order valence-electron chi connectivity index (χ1n) is 11.7. The monoisotopic (exact) mass is 466 g/mol. The van der Waals surface area contributed by atoms with E-state index < -0.39 is 0 Å². The summed E-state index contributed by atoms with van der Waals surface area (Å²) in [5, 5.41) is 3.25. The van der Waals surface area contributed by atoms with E-state index in [4.69, 9.17) is 0 Å². The minimum atomic E-state index is -0.224. The highest BCUT2D eigenvalue weighted by molar-refractivity contribution is 6.08. The number of hydrogen-bond acceptors (Lipinski definition) is 6. The maximum absolute atomic E-state index is 13.1. The molecule has 1 amide bonds. The molecular formula is C27H26N6O2. The van der Waals surface area contributed by atoms with Crippen LogP contribution >= 0.6 is 0 Å². The molecule has 0 atom stereocenters. The average Bonchev–Trinajstić information content (AvgIpc) is 3.35. The summed E-state index contributed by atoms with van der Waals surface area (Å²) in [6.45, 7) is 2.96. The van der Waals surface area contributed by atoms with E-state index in [1.165, 1.54) is 0 Å².